The van der Waals surface area contributed by atoms with Crippen molar-refractivity contribution in [2.24, 2.45) is 0 Å². The van der Waals surface area contributed by atoms with E-state index in [2.05, 4.69) is 0 Å². The zero-order valence-electron chi connectivity index (χ0n) is 11.3. The van der Waals surface area contributed by atoms with Crippen LogP contribution in [0.3, 0.4) is 0 Å². The molecule has 0 saturated carbocycles. The lowest BCUT2D eigenvalue weighted by atomic mass is 9.99. The summed E-state index contributed by atoms with van der Waals surface area (Å²) in [5.74, 6) is -1.82. The van der Waals surface area contributed by atoms with E-state index in [1.54, 1.807) is 27.7 Å². The third-order valence-corrected chi connectivity index (χ3v) is 3.44. The quantitative estimate of drug-likeness (QED) is 0.731. The minimum Gasteiger partial charge on any atom is -0.342 e. The van der Waals surface area contributed by atoms with Crippen LogP contribution in [0.1, 0.15) is 27.7 Å². The van der Waals surface area contributed by atoms with Gasteiger partial charge >= 0.3 is 0 Å². The Hall–Kier alpha value is -0.340. The Kier molecular flexibility index (Phi) is 2.93. The lowest BCUT2D eigenvalue weighted by Gasteiger charge is -2.36. The molecule has 110 valence electrons. The van der Waals surface area contributed by atoms with Crippen molar-refractivity contribution in [3.63, 3.8) is 0 Å². The molecule has 3 aliphatic heterocycles. The normalized spacial score (nSPS) is 47.2. The van der Waals surface area contributed by atoms with Gasteiger partial charge in [-0.25, -0.2) is 8.78 Å². The fraction of sp³-hybridized carbons (Fsp3) is 1.00. The second-order valence-electron chi connectivity index (χ2n) is 5.97. The summed E-state index contributed by atoms with van der Waals surface area (Å²) in [6, 6.07) is 0. The van der Waals surface area contributed by atoms with Crippen molar-refractivity contribution in [3.8, 4) is 0 Å². The van der Waals surface area contributed by atoms with Crippen LogP contribution >= 0.6 is 0 Å². The molecule has 0 amide bonds. The Balaban J connectivity index is 1.89. The highest BCUT2D eigenvalue weighted by molar-refractivity contribution is 5.00. The van der Waals surface area contributed by atoms with Crippen LogP contribution in [0, 0.1) is 0 Å². The summed E-state index contributed by atoms with van der Waals surface area (Å²) >= 11 is 0. The molecule has 19 heavy (non-hydrogen) atoms. The maximum absolute atomic E-state index is 13.1. The molecular formula is C12H18F2O5. The molecule has 0 aromatic rings. The highest BCUT2D eigenvalue weighted by Gasteiger charge is 2.62. The maximum Gasteiger partial charge on any atom is 0.267 e. The van der Waals surface area contributed by atoms with Gasteiger partial charge in [-0.05, 0) is 27.7 Å². The Morgan fingerprint density at radius 2 is 1.32 bits per heavy atom. The predicted molar refractivity (Wildman–Crippen MR) is 58.5 cm³/mol. The highest BCUT2D eigenvalue weighted by atomic mass is 19.3. The van der Waals surface area contributed by atoms with Crippen molar-refractivity contribution >= 4 is 0 Å². The van der Waals surface area contributed by atoms with E-state index in [4.69, 9.17) is 23.7 Å². The maximum atomic E-state index is 13.1. The van der Waals surface area contributed by atoms with Gasteiger partial charge in [0, 0.05) is 0 Å². The van der Waals surface area contributed by atoms with Crippen LogP contribution in [0.25, 0.3) is 0 Å². The highest BCUT2D eigenvalue weighted by Crippen LogP contribution is 2.45. The predicted octanol–water partition coefficient (Wildman–Crippen LogP) is 1.65. The molecular weight excluding hydrogens is 262 g/mol. The molecule has 5 nitrogen and oxygen atoms in total. The molecule has 0 aliphatic carbocycles. The second kappa shape index (κ2) is 4.08. The number of alkyl halides is 2. The third kappa shape index (κ3) is 2.27. The van der Waals surface area contributed by atoms with E-state index < -0.39 is 48.7 Å². The van der Waals surface area contributed by atoms with Gasteiger partial charge in [-0.2, -0.15) is 0 Å². The molecule has 3 saturated heterocycles. The fourth-order valence-corrected chi connectivity index (χ4v) is 2.85. The molecule has 3 heterocycles. The summed E-state index contributed by atoms with van der Waals surface area (Å²) < 4.78 is 53.9. The average Bonchev–Trinajstić information content (AvgIpc) is 2.70. The van der Waals surface area contributed by atoms with Crippen LogP contribution in [-0.2, 0) is 23.7 Å². The first-order valence-corrected chi connectivity index (χ1v) is 6.33. The smallest absolute Gasteiger partial charge is 0.267 e. The molecule has 0 N–H and O–H groups in total. The van der Waals surface area contributed by atoms with Crippen LogP contribution < -0.4 is 0 Å². The topological polar surface area (TPSA) is 46.2 Å². The van der Waals surface area contributed by atoms with Crippen molar-refractivity contribution in [2.75, 3.05) is 0 Å². The molecule has 7 heteroatoms. The molecule has 0 aromatic heterocycles. The summed E-state index contributed by atoms with van der Waals surface area (Å²) in [6.45, 7) is 6.79. The molecule has 3 aliphatic rings. The lowest BCUT2D eigenvalue weighted by Crippen LogP contribution is -2.57. The van der Waals surface area contributed by atoms with Crippen LogP contribution in [0.4, 0.5) is 8.78 Å². The Labute approximate surface area is 110 Å². The van der Waals surface area contributed by atoms with Gasteiger partial charge in [0.1, 0.15) is 18.3 Å². The average molecular weight is 280 g/mol. The van der Waals surface area contributed by atoms with E-state index in [0.29, 0.717) is 0 Å². The fourth-order valence-electron chi connectivity index (χ4n) is 2.85. The van der Waals surface area contributed by atoms with Crippen molar-refractivity contribution < 1.29 is 32.5 Å². The van der Waals surface area contributed by atoms with E-state index in [0.717, 1.165) is 0 Å². The van der Waals surface area contributed by atoms with E-state index in [9.17, 15) is 8.78 Å². The van der Waals surface area contributed by atoms with Gasteiger partial charge < -0.3 is 23.7 Å². The molecule has 3 fully saturated rings. The molecule has 0 aromatic carbocycles. The van der Waals surface area contributed by atoms with Gasteiger partial charge in [-0.15, -0.1) is 0 Å². The van der Waals surface area contributed by atoms with E-state index in [1.165, 1.54) is 0 Å². The molecule has 0 bridgehead atoms. The Bertz CT molecular complexity index is 373. The van der Waals surface area contributed by atoms with Crippen molar-refractivity contribution in [2.45, 2.75) is 76.4 Å². The van der Waals surface area contributed by atoms with Crippen LogP contribution in [0.2, 0.25) is 0 Å². The zero-order chi connectivity index (χ0) is 14.0. The van der Waals surface area contributed by atoms with Crippen molar-refractivity contribution in [3.05, 3.63) is 0 Å². The number of hydrogen-bond donors (Lipinski definition) is 0. The largest absolute Gasteiger partial charge is 0.342 e. The number of fused-ring (bicyclic) bond motifs is 3. The number of hydrogen-bond acceptors (Lipinski definition) is 5. The molecule has 5 atom stereocenters. The number of ether oxygens (including phenoxy) is 5. The first-order chi connectivity index (χ1) is 8.69. The lowest BCUT2D eigenvalue weighted by molar-refractivity contribution is -0.257. The molecule has 0 unspecified atom stereocenters. The van der Waals surface area contributed by atoms with Gasteiger partial charge in [-0.3, -0.25) is 0 Å². The molecule has 0 spiro atoms. The summed E-state index contributed by atoms with van der Waals surface area (Å²) in [6.07, 6.45) is -6.92. The minimum atomic E-state index is -2.67. The Morgan fingerprint density at radius 3 is 1.95 bits per heavy atom. The summed E-state index contributed by atoms with van der Waals surface area (Å²) in [5, 5.41) is 0. The second-order valence-corrected chi connectivity index (χ2v) is 5.97. The summed E-state index contributed by atoms with van der Waals surface area (Å²) in [5.41, 5.74) is 0. The van der Waals surface area contributed by atoms with Gasteiger partial charge in [0.25, 0.3) is 6.43 Å². The monoisotopic (exact) mass is 280 g/mol. The van der Waals surface area contributed by atoms with Crippen LogP contribution in [0.5, 0.6) is 0 Å². The molecule has 3 rings (SSSR count). The number of rotatable bonds is 1. The van der Waals surface area contributed by atoms with E-state index in [1.807, 2.05) is 0 Å². The van der Waals surface area contributed by atoms with Gasteiger partial charge in [0.2, 0.25) is 0 Å². The van der Waals surface area contributed by atoms with Gasteiger partial charge in [0.05, 0.1) is 0 Å². The summed E-state index contributed by atoms with van der Waals surface area (Å²) in [4.78, 5) is 0. The van der Waals surface area contributed by atoms with Crippen molar-refractivity contribution in [1.82, 2.24) is 0 Å². The van der Waals surface area contributed by atoms with Gasteiger partial charge in [-0.1, -0.05) is 0 Å². The van der Waals surface area contributed by atoms with Crippen molar-refractivity contribution in [1.29, 1.82) is 0 Å². The van der Waals surface area contributed by atoms with Gasteiger partial charge in [0.15, 0.2) is 24.0 Å². The first kappa shape index (κ1) is 13.6. The van der Waals surface area contributed by atoms with Crippen LogP contribution in [-0.4, -0.2) is 48.7 Å². The van der Waals surface area contributed by atoms with E-state index in [-0.39, 0.29) is 0 Å². The molecule has 0 radical (unpaired) electrons. The Morgan fingerprint density at radius 1 is 0.789 bits per heavy atom. The van der Waals surface area contributed by atoms with E-state index >= 15 is 0 Å². The minimum absolute atomic E-state index is 0.559. The zero-order valence-corrected chi connectivity index (χ0v) is 11.3. The standard InChI is InChI=1S/C12H18F2O5/c1-11(2)16-5-6(17-11)8-10(15-7(5)9(13)14)19-12(3,4)18-8/h5-10H,1-4H3/t5-,6+,7+,8-,10-/m0/s1. The SMILES string of the molecule is CC1(C)O[C@@H]2O[C@@H](C(F)F)[C@H]3OC(C)(C)O[C@H]3[C@@H]2O1. The first-order valence-electron chi connectivity index (χ1n) is 6.33. The number of halogens is 2. The third-order valence-electron chi connectivity index (χ3n) is 3.44. The summed E-state index contributed by atoms with van der Waals surface area (Å²) in [7, 11) is 0. The van der Waals surface area contributed by atoms with Crippen LogP contribution in [0.15, 0.2) is 0 Å².